The average molecular weight is 214 g/mol. The topological polar surface area (TPSA) is 52.6 Å². The van der Waals surface area contributed by atoms with Crippen LogP contribution in [0.4, 0.5) is 0 Å². The molecule has 4 heteroatoms. The van der Waals surface area contributed by atoms with Crippen LogP contribution >= 0.6 is 0 Å². The third-order valence-corrected chi connectivity index (χ3v) is 2.74. The first-order chi connectivity index (χ1) is 7.19. The maximum Gasteiger partial charge on any atom is 0.316 e. The number of esters is 1. The van der Waals surface area contributed by atoms with Crippen molar-refractivity contribution in [2.75, 3.05) is 13.7 Å². The van der Waals surface area contributed by atoms with E-state index in [1.54, 1.807) is 0 Å². The predicted octanol–water partition coefficient (Wildman–Crippen LogP) is 1.32. The zero-order chi connectivity index (χ0) is 11.3. The number of rotatable bonds is 5. The van der Waals surface area contributed by atoms with Crippen LogP contribution in [0.5, 0.6) is 0 Å². The lowest BCUT2D eigenvalue weighted by Gasteiger charge is -2.13. The van der Waals surface area contributed by atoms with E-state index in [0.29, 0.717) is 12.8 Å². The van der Waals surface area contributed by atoms with Crippen molar-refractivity contribution in [3.05, 3.63) is 0 Å². The minimum Gasteiger partial charge on any atom is -0.468 e. The van der Waals surface area contributed by atoms with E-state index in [1.165, 1.54) is 7.11 Å². The lowest BCUT2D eigenvalue weighted by molar-refractivity contribution is -0.150. The number of methoxy groups -OCH3 is 1. The molecule has 86 valence electrons. The summed E-state index contributed by atoms with van der Waals surface area (Å²) in [5, 5.41) is 0. The average Bonchev–Trinajstić information content (AvgIpc) is 2.71. The van der Waals surface area contributed by atoms with Gasteiger partial charge in [0.1, 0.15) is 11.7 Å². The first-order valence-electron chi connectivity index (χ1n) is 5.41. The number of carbonyl (C=O) groups excluding carboxylic acids is 2. The molecule has 0 aromatic heterocycles. The van der Waals surface area contributed by atoms with Crippen LogP contribution in [-0.4, -0.2) is 31.6 Å². The lowest BCUT2D eigenvalue weighted by atomic mass is 9.96. The van der Waals surface area contributed by atoms with Crippen molar-refractivity contribution < 1.29 is 19.1 Å². The van der Waals surface area contributed by atoms with Gasteiger partial charge in [-0.1, -0.05) is 6.92 Å². The van der Waals surface area contributed by atoms with E-state index in [2.05, 4.69) is 4.74 Å². The summed E-state index contributed by atoms with van der Waals surface area (Å²) in [4.78, 5) is 23.0. The van der Waals surface area contributed by atoms with Crippen LogP contribution in [-0.2, 0) is 19.1 Å². The molecule has 2 atom stereocenters. The van der Waals surface area contributed by atoms with Gasteiger partial charge in [-0.3, -0.25) is 9.59 Å². The van der Waals surface area contributed by atoms with Crippen molar-refractivity contribution >= 4 is 11.8 Å². The second kappa shape index (κ2) is 5.85. The van der Waals surface area contributed by atoms with Crippen LogP contribution in [0.3, 0.4) is 0 Å². The van der Waals surface area contributed by atoms with Crippen molar-refractivity contribution in [2.45, 2.75) is 38.7 Å². The molecule has 1 rings (SSSR count). The number of hydrogen-bond donors (Lipinski definition) is 0. The van der Waals surface area contributed by atoms with E-state index >= 15 is 0 Å². The monoisotopic (exact) mass is 214 g/mol. The van der Waals surface area contributed by atoms with E-state index in [-0.39, 0.29) is 11.9 Å². The summed E-state index contributed by atoms with van der Waals surface area (Å²) in [6.45, 7) is 2.54. The third-order valence-electron chi connectivity index (χ3n) is 2.74. The fraction of sp³-hybridized carbons (Fsp3) is 0.818. The minimum absolute atomic E-state index is 0.0104. The summed E-state index contributed by atoms with van der Waals surface area (Å²) in [5.74, 6) is -1.10. The highest BCUT2D eigenvalue weighted by atomic mass is 16.5. The number of Topliss-reactive ketones (excluding diaryl/α,β-unsaturated/α-hetero) is 1. The van der Waals surface area contributed by atoms with Gasteiger partial charge < -0.3 is 9.47 Å². The Morgan fingerprint density at radius 1 is 1.53 bits per heavy atom. The Bertz CT molecular complexity index is 231. The number of ether oxygens (including phenoxy) is 2. The molecule has 4 nitrogen and oxygen atoms in total. The normalized spacial score (nSPS) is 22.4. The van der Waals surface area contributed by atoms with Gasteiger partial charge in [-0.15, -0.1) is 0 Å². The van der Waals surface area contributed by atoms with Gasteiger partial charge in [-0.05, 0) is 19.3 Å². The summed E-state index contributed by atoms with van der Waals surface area (Å²) in [6, 6.07) is 0. The largest absolute Gasteiger partial charge is 0.468 e. The molecule has 0 N–H and O–H groups in total. The van der Waals surface area contributed by atoms with Crippen LogP contribution in [0.2, 0.25) is 0 Å². The summed E-state index contributed by atoms with van der Waals surface area (Å²) >= 11 is 0. The van der Waals surface area contributed by atoms with Crippen LogP contribution in [0.25, 0.3) is 0 Å². The Kier molecular flexibility index (Phi) is 4.75. The Morgan fingerprint density at radius 3 is 2.73 bits per heavy atom. The Labute approximate surface area is 89.9 Å². The highest BCUT2D eigenvalue weighted by Gasteiger charge is 2.29. The smallest absolute Gasteiger partial charge is 0.316 e. The molecule has 0 radical (unpaired) electrons. The van der Waals surface area contributed by atoms with Crippen LogP contribution in [0.15, 0.2) is 0 Å². The zero-order valence-corrected chi connectivity index (χ0v) is 9.32. The third kappa shape index (κ3) is 3.30. The molecule has 0 aromatic carbocycles. The second-order valence-corrected chi connectivity index (χ2v) is 3.79. The lowest BCUT2D eigenvalue weighted by Crippen LogP contribution is -2.27. The van der Waals surface area contributed by atoms with Gasteiger partial charge in [-0.2, -0.15) is 0 Å². The maximum absolute atomic E-state index is 11.7. The highest BCUT2D eigenvalue weighted by Crippen LogP contribution is 2.19. The summed E-state index contributed by atoms with van der Waals surface area (Å²) < 4.78 is 9.95. The molecule has 0 spiro atoms. The van der Waals surface area contributed by atoms with Crippen molar-refractivity contribution in [3.8, 4) is 0 Å². The van der Waals surface area contributed by atoms with Gasteiger partial charge in [-0.25, -0.2) is 0 Å². The molecule has 1 saturated heterocycles. The molecule has 0 bridgehead atoms. The first-order valence-corrected chi connectivity index (χ1v) is 5.41. The molecule has 2 unspecified atom stereocenters. The molecule has 0 aliphatic carbocycles. The molecule has 15 heavy (non-hydrogen) atoms. The van der Waals surface area contributed by atoms with Gasteiger partial charge in [0.2, 0.25) is 0 Å². The Balaban J connectivity index is 2.45. The number of ketones is 1. The summed E-state index contributed by atoms with van der Waals surface area (Å²) in [6.07, 6.45) is 2.78. The highest BCUT2D eigenvalue weighted by molar-refractivity contribution is 5.99. The number of carbonyl (C=O) groups is 2. The van der Waals surface area contributed by atoms with Crippen molar-refractivity contribution in [2.24, 2.45) is 5.92 Å². The van der Waals surface area contributed by atoms with E-state index in [0.717, 1.165) is 19.4 Å². The molecule has 1 aliphatic heterocycles. The Morgan fingerprint density at radius 2 is 2.27 bits per heavy atom. The number of hydrogen-bond acceptors (Lipinski definition) is 4. The quantitative estimate of drug-likeness (QED) is 0.511. The van der Waals surface area contributed by atoms with Crippen molar-refractivity contribution in [1.29, 1.82) is 0 Å². The van der Waals surface area contributed by atoms with Gasteiger partial charge in [0.15, 0.2) is 0 Å². The Hall–Kier alpha value is -0.900. The molecular formula is C11H18O4. The van der Waals surface area contributed by atoms with Gasteiger partial charge in [0.25, 0.3) is 0 Å². The SMILES string of the molecule is CCC(C(=O)CC1CCCO1)C(=O)OC. The van der Waals surface area contributed by atoms with Crippen molar-refractivity contribution in [1.82, 2.24) is 0 Å². The standard InChI is InChI=1S/C11H18O4/c1-3-9(11(13)14-2)10(12)7-8-5-4-6-15-8/h8-9H,3-7H2,1-2H3. The summed E-state index contributed by atoms with van der Waals surface area (Å²) in [7, 11) is 1.31. The van der Waals surface area contributed by atoms with E-state index in [4.69, 9.17) is 4.74 Å². The minimum atomic E-state index is -0.612. The zero-order valence-electron chi connectivity index (χ0n) is 9.32. The van der Waals surface area contributed by atoms with E-state index < -0.39 is 11.9 Å². The van der Waals surface area contributed by atoms with Crippen LogP contribution in [0, 0.1) is 5.92 Å². The van der Waals surface area contributed by atoms with Crippen LogP contribution < -0.4 is 0 Å². The molecule has 1 heterocycles. The van der Waals surface area contributed by atoms with Crippen LogP contribution in [0.1, 0.15) is 32.6 Å². The van der Waals surface area contributed by atoms with E-state index in [9.17, 15) is 9.59 Å². The van der Waals surface area contributed by atoms with Gasteiger partial charge >= 0.3 is 5.97 Å². The van der Waals surface area contributed by atoms with Gasteiger partial charge in [0.05, 0.1) is 13.2 Å². The van der Waals surface area contributed by atoms with Crippen molar-refractivity contribution in [3.63, 3.8) is 0 Å². The molecule has 1 fully saturated rings. The first kappa shape index (κ1) is 12.2. The fourth-order valence-electron chi connectivity index (χ4n) is 1.84. The molecule has 0 amide bonds. The fourth-order valence-corrected chi connectivity index (χ4v) is 1.84. The maximum atomic E-state index is 11.7. The van der Waals surface area contributed by atoms with E-state index in [1.807, 2.05) is 6.92 Å². The second-order valence-electron chi connectivity index (χ2n) is 3.79. The molecule has 0 saturated carbocycles. The molecule has 1 aliphatic rings. The molecular weight excluding hydrogens is 196 g/mol. The van der Waals surface area contributed by atoms with Gasteiger partial charge in [0, 0.05) is 13.0 Å². The molecule has 0 aromatic rings. The summed E-state index contributed by atoms with van der Waals surface area (Å²) in [5.41, 5.74) is 0. The predicted molar refractivity (Wildman–Crippen MR) is 54.4 cm³/mol.